The monoisotopic (exact) mass is 793 g/mol. The predicted octanol–water partition coefficient (Wildman–Crippen LogP) is 6.58. The lowest BCUT2D eigenvalue weighted by atomic mass is 10.1. The minimum atomic E-state index is -3.89. The first-order chi connectivity index (χ1) is 26.3. The molecule has 3 heterocycles. The van der Waals surface area contributed by atoms with Crippen molar-refractivity contribution in [2.24, 2.45) is 11.7 Å². The van der Waals surface area contributed by atoms with Gasteiger partial charge in [-0.1, -0.05) is 57.6 Å². The number of unbranched alkanes of at least 4 members (excludes halogenated alkanes) is 3. The normalized spacial score (nSPS) is 25.7. The molecule has 0 bridgehead atoms. The molecular formula is C41H59N7O5S2. The second kappa shape index (κ2) is 15.9. The Morgan fingerprint density at radius 1 is 1.16 bits per heavy atom. The molecule has 0 spiro atoms. The van der Waals surface area contributed by atoms with Crippen LogP contribution in [0.5, 0.6) is 6.01 Å². The van der Waals surface area contributed by atoms with E-state index in [0.717, 1.165) is 53.7 Å². The van der Waals surface area contributed by atoms with Gasteiger partial charge >= 0.3 is 0 Å². The number of carbonyl (C=O) groups excluding carboxylic acids is 2. The minimum absolute atomic E-state index is 0.0481. The first kappa shape index (κ1) is 39.9. The SMILES string of the molecule is C=CC1CC1(NC(=O)C1CC(Oc2nc3c(-c4nc(C5CCCC5)cs4)cccc3n2C(C)C)CN1CC(N)CCCCCC)C(=O)NS(=O)(=O)C1(C)CC1. The number of sulfonamides is 1. The second-order valence-electron chi connectivity index (χ2n) is 17.0. The summed E-state index contributed by atoms with van der Waals surface area (Å²) in [4.78, 5) is 40.2. The quantitative estimate of drug-likeness (QED) is 0.0955. The number of nitrogens with two attached hydrogens (primary N) is 1. The van der Waals surface area contributed by atoms with Gasteiger partial charge in [0.15, 0.2) is 0 Å². The van der Waals surface area contributed by atoms with E-state index in [-0.39, 0.29) is 36.4 Å². The number of hydrogen-bond donors (Lipinski definition) is 3. The Morgan fingerprint density at radius 2 is 1.93 bits per heavy atom. The van der Waals surface area contributed by atoms with Crippen molar-refractivity contribution in [2.45, 2.75) is 152 Å². The molecule has 1 aromatic carbocycles. The average Bonchev–Trinajstić information content (AvgIpc) is 3.65. The van der Waals surface area contributed by atoms with E-state index in [1.54, 1.807) is 24.3 Å². The molecule has 12 nitrogen and oxygen atoms in total. The third kappa shape index (κ3) is 8.11. The Bertz CT molecular complexity index is 2000. The van der Waals surface area contributed by atoms with Crippen LogP contribution in [0, 0.1) is 5.92 Å². The van der Waals surface area contributed by atoms with Gasteiger partial charge in [-0.15, -0.1) is 17.9 Å². The molecule has 4 fully saturated rings. The molecule has 1 aliphatic heterocycles. The fraction of sp³-hybridized carbons (Fsp3) is 0.659. The molecule has 3 aromatic rings. The highest BCUT2D eigenvalue weighted by atomic mass is 32.2. The first-order valence-electron chi connectivity index (χ1n) is 20.4. The van der Waals surface area contributed by atoms with Crippen LogP contribution in [0.1, 0.15) is 129 Å². The van der Waals surface area contributed by atoms with Crippen LogP contribution in [0.25, 0.3) is 21.6 Å². The number of aromatic nitrogens is 3. The molecule has 300 valence electrons. The molecule has 3 saturated carbocycles. The topological polar surface area (TPSA) is 162 Å². The van der Waals surface area contributed by atoms with E-state index in [0.29, 0.717) is 44.3 Å². The lowest BCUT2D eigenvalue weighted by Crippen LogP contribution is -2.57. The summed E-state index contributed by atoms with van der Waals surface area (Å²) in [6, 6.07) is 5.95. The van der Waals surface area contributed by atoms with Crippen LogP contribution >= 0.6 is 11.3 Å². The number of carbonyl (C=O) groups is 2. The smallest absolute Gasteiger partial charge is 0.297 e. The summed E-state index contributed by atoms with van der Waals surface area (Å²) >= 11 is 1.67. The van der Waals surface area contributed by atoms with Crippen LogP contribution in [0.4, 0.5) is 0 Å². The highest BCUT2D eigenvalue weighted by Crippen LogP contribution is 2.47. The molecule has 2 amide bonds. The van der Waals surface area contributed by atoms with Crippen LogP contribution in [-0.4, -0.2) is 81.2 Å². The van der Waals surface area contributed by atoms with E-state index in [9.17, 15) is 18.0 Å². The van der Waals surface area contributed by atoms with E-state index in [1.807, 2.05) is 0 Å². The Labute approximate surface area is 330 Å². The van der Waals surface area contributed by atoms with Crippen molar-refractivity contribution in [3.63, 3.8) is 0 Å². The molecular weight excluding hydrogens is 735 g/mol. The Kier molecular flexibility index (Phi) is 11.5. The number of thiazole rings is 1. The fourth-order valence-corrected chi connectivity index (χ4v) is 10.8. The van der Waals surface area contributed by atoms with Crippen LogP contribution in [0.3, 0.4) is 0 Å². The molecule has 4 aliphatic rings. The molecule has 3 aliphatic carbocycles. The number of rotatable bonds is 18. The summed E-state index contributed by atoms with van der Waals surface area (Å²) < 4.78 is 36.3. The third-order valence-corrected chi connectivity index (χ3v) is 15.5. The zero-order valence-electron chi connectivity index (χ0n) is 32.9. The number of hydrogen-bond acceptors (Lipinski definition) is 10. The second-order valence-corrected chi connectivity index (χ2v) is 20.1. The number of nitrogens with zero attached hydrogens (tertiary/aromatic N) is 4. The number of benzene rings is 1. The molecule has 5 atom stereocenters. The third-order valence-electron chi connectivity index (χ3n) is 12.4. The molecule has 1 saturated heterocycles. The number of fused-ring (bicyclic) bond motifs is 1. The van der Waals surface area contributed by atoms with Gasteiger partial charge in [-0.25, -0.2) is 13.4 Å². The van der Waals surface area contributed by atoms with Gasteiger partial charge in [0.25, 0.3) is 11.9 Å². The maximum Gasteiger partial charge on any atom is 0.297 e. The Balaban J connectivity index is 1.13. The van der Waals surface area contributed by atoms with Gasteiger partial charge in [0.1, 0.15) is 22.2 Å². The highest BCUT2D eigenvalue weighted by Gasteiger charge is 2.62. The number of amides is 2. The molecule has 14 heteroatoms. The highest BCUT2D eigenvalue weighted by molar-refractivity contribution is 7.91. The predicted molar refractivity (Wildman–Crippen MR) is 217 cm³/mol. The summed E-state index contributed by atoms with van der Waals surface area (Å²) in [5.41, 5.74) is 9.28. The van der Waals surface area contributed by atoms with Gasteiger partial charge in [-0.3, -0.25) is 23.8 Å². The molecule has 4 N–H and O–H groups in total. The molecule has 7 rings (SSSR count). The Hall–Kier alpha value is -3.33. The van der Waals surface area contributed by atoms with E-state index in [2.05, 4.69) is 70.4 Å². The Morgan fingerprint density at radius 3 is 2.60 bits per heavy atom. The van der Waals surface area contributed by atoms with Crippen molar-refractivity contribution in [1.82, 2.24) is 29.5 Å². The van der Waals surface area contributed by atoms with Crippen LogP contribution in [-0.2, 0) is 19.6 Å². The summed E-state index contributed by atoms with van der Waals surface area (Å²) in [5.74, 6) is -0.905. The van der Waals surface area contributed by atoms with Crippen LogP contribution in [0.15, 0.2) is 36.2 Å². The van der Waals surface area contributed by atoms with Gasteiger partial charge < -0.3 is 15.8 Å². The maximum atomic E-state index is 14.3. The van der Waals surface area contributed by atoms with Crippen molar-refractivity contribution in [1.29, 1.82) is 0 Å². The van der Waals surface area contributed by atoms with Gasteiger partial charge in [0.2, 0.25) is 15.9 Å². The van der Waals surface area contributed by atoms with Crippen molar-refractivity contribution in [3.05, 3.63) is 41.9 Å². The van der Waals surface area contributed by atoms with E-state index >= 15 is 0 Å². The van der Waals surface area contributed by atoms with Gasteiger partial charge in [0, 0.05) is 54.4 Å². The number of likely N-dealkylation sites (tertiary alicyclic amines) is 1. The summed E-state index contributed by atoms with van der Waals surface area (Å²) in [7, 11) is -3.89. The zero-order valence-corrected chi connectivity index (χ0v) is 34.5. The molecule has 55 heavy (non-hydrogen) atoms. The van der Waals surface area contributed by atoms with Gasteiger partial charge in [-0.2, -0.15) is 4.98 Å². The van der Waals surface area contributed by atoms with E-state index in [4.69, 9.17) is 20.4 Å². The number of para-hydroxylation sites is 1. The summed E-state index contributed by atoms with van der Waals surface area (Å²) in [6.07, 6.45) is 13.0. The van der Waals surface area contributed by atoms with Crippen LogP contribution < -0.4 is 20.5 Å². The lowest BCUT2D eigenvalue weighted by Gasteiger charge is -2.28. The van der Waals surface area contributed by atoms with Crippen molar-refractivity contribution in [2.75, 3.05) is 13.1 Å². The molecule has 5 unspecified atom stereocenters. The molecule has 2 aromatic heterocycles. The largest absolute Gasteiger partial charge is 0.460 e. The number of ether oxygens (including phenoxy) is 1. The average molecular weight is 794 g/mol. The van der Waals surface area contributed by atoms with Crippen molar-refractivity contribution < 1.29 is 22.7 Å². The summed E-state index contributed by atoms with van der Waals surface area (Å²) in [5, 5.41) is 6.16. The molecule has 0 radical (unpaired) electrons. The van der Waals surface area contributed by atoms with Crippen molar-refractivity contribution in [3.8, 4) is 16.6 Å². The number of nitrogens with one attached hydrogen (secondary N) is 2. The fourth-order valence-electron chi connectivity index (χ4n) is 8.58. The number of imidazole rings is 1. The van der Waals surface area contributed by atoms with Gasteiger partial charge in [0.05, 0.1) is 22.0 Å². The standard InChI is InChI=1S/C41H59N7O5S2/c1-6-8-9-10-16-29(42)23-47-24-30(21-34(47)36(49)45-41(22-28(41)7-2)38(50)46-55(51,52)40(5)19-20-40)53-39-44-35-31(17-13-18-33(35)48(39)26(3)4)37-43-32(25-54-37)27-14-11-12-15-27/h7,13,17-18,25-30,34H,2,6,8-12,14-16,19-24,42H2,1,3-5H3,(H,45,49)(H,46,50). The maximum absolute atomic E-state index is 14.3. The first-order valence-corrected chi connectivity index (χ1v) is 22.8. The lowest BCUT2D eigenvalue weighted by molar-refractivity contribution is -0.132. The van der Waals surface area contributed by atoms with Crippen LogP contribution in [0.2, 0.25) is 0 Å². The van der Waals surface area contributed by atoms with Gasteiger partial charge in [-0.05, 0) is 71.4 Å². The van der Waals surface area contributed by atoms with Crippen molar-refractivity contribution >= 4 is 44.2 Å². The van der Waals surface area contributed by atoms with E-state index < -0.39 is 32.3 Å². The minimum Gasteiger partial charge on any atom is -0.460 e. The zero-order chi connectivity index (χ0) is 39.1. The van der Waals surface area contributed by atoms with E-state index in [1.165, 1.54) is 31.4 Å². The summed E-state index contributed by atoms with van der Waals surface area (Å²) in [6.45, 7) is 12.8.